The Morgan fingerprint density at radius 3 is 2.89 bits per heavy atom. The first-order valence-electron chi connectivity index (χ1n) is 10.8. The van der Waals surface area contributed by atoms with E-state index in [2.05, 4.69) is 17.9 Å². The summed E-state index contributed by atoms with van der Waals surface area (Å²) in [7, 11) is 0. The first kappa shape index (κ1) is 18.1. The molecule has 0 radical (unpaired) electrons. The summed E-state index contributed by atoms with van der Waals surface area (Å²) >= 11 is 0. The van der Waals surface area contributed by atoms with Gasteiger partial charge in [-0.15, -0.1) is 0 Å². The van der Waals surface area contributed by atoms with Gasteiger partial charge in [-0.1, -0.05) is 31.5 Å². The van der Waals surface area contributed by atoms with Crippen LogP contribution in [0, 0.1) is 0 Å². The van der Waals surface area contributed by atoms with Crippen molar-refractivity contribution in [2.24, 2.45) is 0 Å². The summed E-state index contributed by atoms with van der Waals surface area (Å²) in [4.78, 5) is 23.0. The van der Waals surface area contributed by atoms with Crippen LogP contribution in [0.2, 0.25) is 0 Å². The lowest BCUT2D eigenvalue weighted by Crippen LogP contribution is -2.62. The van der Waals surface area contributed by atoms with Gasteiger partial charge in [0.2, 0.25) is 0 Å². The SMILES string of the molecule is CCC[C@H]1COC[C@H]2CN(C(=O)c3cc(C4CC4)nc4ccccc34)CCN12. The lowest BCUT2D eigenvalue weighted by molar-refractivity contribution is -0.0776. The highest BCUT2D eigenvalue weighted by Crippen LogP contribution is 2.40. The van der Waals surface area contributed by atoms with Crippen molar-refractivity contribution in [1.29, 1.82) is 0 Å². The van der Waals surface area contributed by atoms with Crippen molar-refractivity contribution >= 4 is 16.8 Å². The van der Waals surface area contributed by atoms with Gasteiger partial charge in [-0.2, -0.15) is 0 Å². The van der Waals surface area contributed by atoms with Gasteiger partial charge >= 0.3 is 0 Å². The molecule has 3 heterocycles. The second-order valence-corrected chi connectivity index (χ2v) is 8.51. The van der Waals surface area contributed by atoms with Gasteiger partial charge in [0.1, 0.15) is 0 Å². The monoisotopic (exact) mass is 379 g/mol. The van der Waals surface area contributed by atoms with Crippen LogP contribution < -0.4 is 0 Å². The Bertz CT molecular complexity index is 877. The van der Waals surface area contributed by atoms with E-state index in [1.165, 1.54) is 25.7 Å². The minimum atomic E-state index is 0.151. The van der Waals surface area contributed by atoms with Gasteiger partial charge in [-0.05, 0) is 31.4 Å². The molecular weight excluding hydrogens is 350 g/mol. The van der Waals surface area contributed by atoms with Gasteiger partial charge in [0.25, 0.3) is 5.91 Å². The number of morpholine rings is 1. The molecule has 0 N–H and O–H groups in total. The number of carbonyl (C=O) groups is 1. The zero-order valence-electron chi connectivity index (χ0n) is 16.6. The molecule has 1 aromatic carbocycles. The standard InChI is InChI=1S/C23H29N3O2/c1-2-5-17-14-28-15-18-13-25(10-11-26(17)18)23(27)20-12-22(16-8-9-16)24-21-7-4-3-6-19(20)21/h3-4,6-7,12,16-18H,2,5,8-11,13-15H2,1H3/t17-,18+/m0/s1. The second kappa shape index (κ2) is 7.45. The van der Waals surface area contributed by atoms with Crippen LogP contribution in [0.4, 0.5) is 0 Å². The largest absolute Gasteiger partial charge is 0.378 e. The van der Waals surface area contributed by atoms with Crippen molar-refractivity contribution in [3.8, 4) is 0 Å². The van der Waals surface area contributed by atoms with Crippen LogP contribution in [0.15, 0.2) is 30.3 Å². The number of piperazine rings is 1. The van der Waals surface area contributed by atoms with E-state index >= 15 is 0 Å². The lowest BCUT2D eigenvalue weighted by atomic mass is 10.0. The van der Waals surface area contributed by atoms with Gasteiger partial charge in [0, 0.05) is 42.7 Å². The van der Waals surface area contributed by atoms with Crippen LogP contribution in [0.3, 0.4) is 0 Å². The molecule has 0 unspecified atom stereocenters. The van der Waals surface area contributed by atoms with E-state index in [0.717, 1.165) is 55.0 Å². The Morgan fingerprint density at radius 1 is 1.21 bits per heavy atom. The van der Waals surface area contributed by atoms with Gasteiger partial charge in [-0.25, -0.2) is 0 Å². The smallest absolute Gasteiger partial charge is 0.254 e. The Balaban J connectivity index is 1.41. The van der Waals surface area contributed by atoms with Crippen LogP contribution in [0.5, 0.6) is 0 Å². The highest BCUT2D eigenvalue weighted by molar-refractivity contribution is 6.06. The number of benzene rings is 1. The molecule has 0 spiro atoms. The molecule has 2 aromatic rings. The molecule has 0 bridgehead atoms. The number of hydrogen-bond donors (Lipinski definition) is 0. The maximum atomic E-state index is 13.5. The maximum Gasteiger partial charge on any atom is 0.254 e. The molecule has 1 aliphatic carbocycles. The van der Waals surface area contributed by atoms with Gasteiger partial charge in [-0.3, -0.25) is 14.7 Å². The van der Waals surface area contributed by atoms with Crippen LogP contribution in [0.25, 0.3) is 10.9 Å². The molecule has 1 amide bonds. The summed E-state index contributed by atoms with van der Waals surface area (Å²) in [6, 6.07) is 10.9. The summed E-state index contributed by atoms with van der Waals surface area (Å²) in [5.74, 6) is 0.687. The fourth-order valence-corrected chi connectivity index (χ4v) is 4.83. The third kappa shape index (κ3) is 3.31. The Morgan fingerprint density at radius 2 is 2.07 bits per heavy atom. The van der Waals surface area contributed by atoms with E-state index in [4.69, 9.17) is 9.72 Å². The van der Waals surface area contributed by atoms with Crippen molar-refractivity contribution in [1.82, 2.24) is 14.8 Å². The van der Waals surface area contributed by atoms with E-state index < -0.39 is 0 Å². The molecule has 2 atom stereocenters. The zero-order valence-corrected chi connectivity index (χ0v) is 16.6. The predicted octanol–water partition coefficient (Wildman–Crippen LogP) is 3.44. The molecule has 148 valence electrons. The van der Waals surface area contributed by atoms with E-state index in [1.54, 1.807) is 0 Å². The number of nitrogens with zero attached hydrogens (tertiary/aromatic N) is 3. The Labute approximate surface area is 166 Å². The van der Waals surface area contributed by atoms with Crippen molar-refractivity contribution in [3.63, 3.8) is 0 Å². The quantitative estimate of drug-likeness (QED) is 0.816. The van der Waals surface area contributed by atoms with Crippen molar-refractivity contribution < 1.29 is 9.53 Å². The lowest BCUT2D eigenvalue weighted by Gasteiger charge is -2.48. The number of aromatic nitrogens is 1. The summed E-state index contributed by atoms with van der Waals surface area (Å²) in [6.07, 6.45) is 4.72. The predicted molar refractivity (Wildman–Crippen MR) is 110 cm³/mol. The highest BCUT2D eigenvalue weighted by Gasteiger charge is 2.37. The molecule has 5 nitrogen and oxygen atoms in total. The topological polar surface area (TPSA) is 45.7 Å². The molecular formula is C23H29N3O2. The third-order valence-electron chi connectivity index (χ3n) is 6.49. The molecule has 3 aliphatic rings. The normalized spacial score (nSPS) is 25.7. The third-order valence-corrected chi connectivity index (χ3v) is 6.49. The van der Waals surface area contributed by atoms with E-state index in [1.807, 2.05) is 29.2 Å². The molecule has 5 rings (SSSR count). The molecule has 28 heavy (non-hydrogen) atoms. The van der Waals surface area contributed by atoms with E-state index in [-0.39, 0.29) is 5.91 Å². The number of carbonyl (C=O) groups excluding carboxylic acids is 1. The van der Waals surface area contributed by atoms with Crippen molar-refractivity contribution in [2.75, 3.05) is 32.8 Å². The summed E-state index contributed by atoms with van der Waals surface area (Å²) in [5.41, 5.74) is 2.85. The molecule has 3 fully saturated rings. The number of rotatable bonds is 4. The molecule has 2 aliphatic heterocycles. The van der Waals surface area contributed by atoms with Crippen molar-refractivity contribution in [2.45, 2.75) is 50.6 Å². The summed E-state index contributed by atoms with van der Waals surface area (Å²) < 4.78 is 5.88. The minimum Gasteiger partial charge on any atom is -0.378 e. The first-order chi connectivity index (χ1) is 13.7. The van der Waals surface area contributed by atoms with Crippen LogP contribution in [-0.4, -0.2) is 65.6 Å². The Kier molecular flexibility index (Phi) is 4.81. The molecule has 1 saturated carbocycles. The fraction of sp³-hybridized carbons (Fsp3) is 0.565. The van der Waals surface area contributed by atoms with E-state index in [0.29, 0.717) is 18.0 Å². The number of fused-ring (bicyclic) bond motifs is 2. The Hall–Kier alpha value is -1.98. The highest BCUT2D eigenvalue weighted by atomic mass is 16.5. The molecule has 1 aromatic heterocycles. The number of hydrogen-bond acceptors (Lipinski definition) is 4. The number of para-hydroxylation sites is 1. The van der Waals surface area contributed by atoms with Crippen LogP contribution in [0.1, 0.15) is 54.6 Å². The number of ether oxygens (including phenoxy) is 1. The average Bonchev–Trinajstić information content (AvgIpc) is 3.58. The first-order valence-corrected chi connectivity index (χ1v) is 10.8. The number of amides is 1. The summed E-state index contributed by atoms with van der Waals surface area (Å²) in [6.45, 7) is 6.30. The molecule has 5 heteroatoms. The summed E-state index contributed by atoms with van der Waals surface area (Å²) in [5, 5.41) is 0.975. The van der Waals surface area contributed by atoms with Crippen molar-refractivity contribution in [3.05, 3.63) is 41.6 Å². The van der Waals surface area contributed by atoms with Crippen LogP contribution >= 0.6 is 0 Å². The van der Waals surface area contributed by atoms with Gasteiger partial charge in [0.15, 0.2) is 0 Å². The average molecular weight is 380 g/mol. The van der Waals surface area contributed by atoms with Gasteiger partial charge in [0.05, 0.1) is 30.3 Å². The van der Waals surface area contributed by atoms with Gasteiger partial charge < -0.3 is 9.64 Å². The van der Waals surface area contributed by atoms with E-state index in [9.17, 15) is 4.79 Å². The molecule has 2 saturated heterocycles. The second-order valence-electron chi connectivity index (χ2n) is 8.51. The maximum absolute atomic E-state index is 13.5. The fourth-order valence-electron chi connectivity index (χ4n) is 4.83. The number of pyridine rings is 1. The minimum absolute atomic E-state index is 0.151. The van der Waals surface area contributed by atoms with Crippen LogP contribution in [-0.2, 0) is 4.74 Å². The zero-order chi connectivity index (χ0) is 19.1.